The summed E-state index contributed by atoms with van der Waals surface area (Å²) in [6.07, 6.45) is 3.50. The highest BCUT2D eigenvalue weighted by Crippen LogP contribution is 2.35. The average molecular weight is 172 g/mol. The molecule has 1 saturated heterocycles. The lowest BCUT2D eigenvalue weighted by atomic mass is 10.1. The summed E-state index contributed by atoms with van der Waals surface area (Å²) in [5.74, 6) is -0.278. The van der Waals surface area contributed by atoms with Crippen molar-refractivity contribution in [3.8, 4) is 0 Å². The summed E-state index contributed by atoms with van der Waals surface area (Å²) in [5.41, 5.74) is 0. The quantitative estimate of drug-likeness (QED) is 0.651. The van der Waals surface area contributed by atoms with Crippen LogP contribution in [0.25, 0.3) is 0 Å². The molecule has 1 heterocycles. The van der Waals surface area contributed by atoms with Crippen LogP contribution in [0.3, 0.4) is 0 Å². The number of hydrogen-bond acceptors (Lipinski definition) is 2. The maximum Gasteiger partial charge on any atom is 0.168 e. The second-order valence-corrected chi connectivity index (χ2v) is 3.51. The van der Waals surface area contributed by atoms with Gasteiger partial charge in [-0.1, -0.05) is 20.8 Å². The number of hydrogen-bond donors (Lipinski definition) is 0. The van der Waals surface area contributed by atoms with E-state index in [1.165, 1.54) is 0 Å². The first-order valence-electron chi connectivity index (χ1n) is 5.03. The van der Waals surface area contributed by atoms with Crippen molar-refractivity contribution >= 4 is 0 Å². The number of rotatable bonds is 3. The van der Waals surface area contributed by atoms with E-state index < -0.39 is 0 Å². The molecule has 72 valence electrons. The third-order valence-electron chi connectivity index (χ3n) is 2.77. The summed E-state index contributed by atoms with van der Waals surface area (Å²) in [7, 11) is 0. The largest absolute Gasteiger partial charge is 0.344 e. The first kappa shape index (κ1) is 10.0. The molecular weight excluding hydrogens is 152 g/mol. The lowest BCUT2D eigenvalue weighted by Gasteiger charge is -2.24. The fraction of sp³-hybridized carbons (Fsp3) is 1.00. The minimum absolute atomic E-state index is 0.259. The maximum atomic E-state index is 5.89. The van der Waals surface area contributed by atoms with Gasteiger partial charge in [0.15, 0.2) is 5.79 Å². The van der Waals surface area contributed by atoms with Crippen molar-refractivity contribution in [1.29, 1.82) is 0 Å². The topological polar surface area (TPSA) is 18.5 Å². The lowest BCUT2D eigenvalue weighted by molar-refractivity contribution is -0.178. The van der Waals surface area contributed by atoms with Crippen LogP contribution in [0.4, 0.5) is 0 Å². The first-order valence-corrected chi connectivity index (χ1v) is 5.03. The van der Waals surface area contributed by atoms with Crippen molar-refractivity contribution in [3.63, 3.8) is 0 Å². The zero-order valence-corrected chi connectivity index (χ0v) is 8.59. The van der Waals surface area contributed by atoms with Crippen LogP contribution in [-0.2, 0) is 9.47 Å². The minimum Gasteiger partial charge on any atom is -0.344 e. The van der Waals surface area contributed by atoms with Crippen LogP contribution in [0, 0.1) is 0 Å². The minimum atomic E-state index is -0.278. The Labute approximate surface area is 75.2 Å². The van der Waals surface area contributed by atoms with Gasteiger partial charge in [0.05, 0.1) is 12.2 Å². The Bertz CT molecular complexity index is 141. The predicted molar refractivity (Wildman–Crippen MR) is 49.0 cm³/mol. The van der Waals surface area contributed by atoms with Gasteiger partial charge >= 0.3 is 0 Å². The summed E-state index contributed by atoms with van der Waals surface area (Å²) in [6.45, 7) is 8.48. The molecule has 0 aliphatic carbocycles. The van der Waals surface area contributed by atoms with Gasteiger partial charge < -0.3 is 9.47 Å². The Balaban J connectivity index is 2.61. The predicted octanol–water partition coefficient (Wildman–Crippen LogP) is 2.72. The molecule has 12 heavy (non-hydrogen) atoms. The van der Waals surface area contributed by atoms with Crippen molar-refractivity contribution in [3.05, 3.63) is 0 Å². The number of ether oxygens (including phenoxy) is 2. The van der Waals surface area contributed by atoms with Crippen LogP contribution in [0.15, 0.2) is 0 Å². The van der Waals surface area contributed by atoms with Crippen LogP contribution in [0.2, 0.25) is 0 Å². The third-order valence-corrected chi connectivity index (χ3v) is 2.77. The van der Waals surface area contributed by atoms with Crippen molar-refractivity contribution in [1.82, 2.24) is 0 Å². The van der Waals surface area contributed by atoms with E-state index in [0.717, 1.165) is 19.3 Å². The van der Waals surface area contributed by atoms with Gasteiger partial charge in [0.25, 0.3) is 0 Å². The molecule has 2 heteroatoms. The average Bonchev–Trinajstić information content (AvgIpc) is 2.43. The molecule has 0 radical (unpaired) electrons. The van der Waals surface area contributed by atoms with Crippen LogP contribution in [0.1, 0.15) is 47.0 Å². The van der Waals surface area contributed by atoms with E-state index in [9.17, 15) is 0 Å². The maximum absolute atomic E-state index is 5.89. The summed E-state index contributed by atoms with van der Waals surface area (Å²) in [4.78, 5) is 0. The standard InChI is InChI=1S/C10H20O2/c1-5-9-8(4)11-10(6-2,7-3)12-9/h8-9H,5-7H2,1-4H3/t8-,9-/m0/s1. The molecule has 0 saturated carbocycles. The van der Waals surface area contributed by atoms with Gasteiger partial charge in [0.1, 0.15) is 0 Å². The van der Waals surface area contributed by atoms with Crippen LogP contribution >= 0.6 is 0 Å². The zero-order chi connectivity index (χ0) is 9.19. The van der Waals surface area contributed by atoms with Crippen LogP contribution in [-0.4, -0.2) is 18.0 Å². The Morgan fingerprint density at radius 2 is 1.67 bits per heavy atom. The SMILES string of the molecule is CC[C@@H]1OC(CC)(CC)O[C@H]1C. The molecule has 2 nitrogen and oxygen atoms in total. The van der Waals surface area contributed by atoms with E-state index in [0.29, 0.717) is 6.10 Å². The van der Waals surface area contributed by atoms with Gasteiger partial charge in [-0.05, 0) is 26.2 Å². The van der Waals surface area contributed by atoms with Gasteiger partial charge in [-0.15, -0.1) is 0 Å². The summed E-state index contributed by atoms with van der Waals surface area (Å²) in [6, 6.07) is 0. The summed E-state index contributed by atoms with van der Waals surface area (Å²) in [5, 5.41) is 0. The molecule has 0 amide bonds. The summed E-state index contributed by atoms with van der Waals surface area (Å²) >= 11 is 0. The molecule has 2 atom stereocenters. The van der Waals surface area contributed by atoms with Crippen molar-refractivity contribution in [2.45, 2.75) is 65.0 Å². The highest BCUT2D eigenvalue weighted by Gasteiger charge is 2.42. The molecular formula is C10H20O2. The highest BCUT2D eigenvalue weighted by molar-refractivity contribution is 4.81. The molecule has 0 aromatic rings. The van der Waals surface area contributed by atoms with E-state index >= 15 is 0 Å². The third kappa shape index (κ3) is 1.64. The second kappa shape index (κ2) is 3.75. The van der Waals surface area contributed by atoms with Crippen molar-refractivity contribution in [2.24, 2.45) is 0 Å². The molecule has 1 aliphatic heterocycles. The molecule has 0 spiro atoms. The van der Waals surface area contributed by atoms with Crippen LogP contribution in [0.5, 0.6) is 0 Å². The van der Waals surface area contributed by atoms with Gasteiger partial charge in [-0.3, -0.25) is 0 Å². The fourth-order valence-electron chi connectivity index (χ4n) is 1.81. The highest BCUT2D eigenvalue weighted by atomic mass is 16.8. The van der Waals surface area contributed by atoms with Crippen molar-refractivity contribution < 1.29 is 9.47 Å². The van der Waals surface area contributed by atoms with Gasteiger partial charge in [-0.25, -0.2) is 0 Å². The molecule has 0 unspecified atom stereocenters. The molecule has 0 N–H and O–H groups in total. The Kier molecular flexibility index (Phi) is 3.13. The van der Waals surface area contributed by atoms with Gasteiger partial charge in [0, 0.05) is 0 Å². The fourth-order valence-corrected chi connectivity index (χ4v) is 1.81. The molecule has 0 aromatic carbocycles. The monoisotopic (exact) mass is 172 g/mol. The molecule has 0 bridgehead atoms. The smallest absolute Gasteiger partial charge is 0.168 e. The Morgan fingerprint density at radius 1 is 1.08 bits per heavy atom. The molecule has 1 rings (SSSR count). The van der Waals surface area contributed by atoms with Crippen LogP contribution < -0.4 is 0 Å². The Hall–Kier alpha value is -0.0800. The van der Waals surface area contributed by atoms with E-state index in [4.69, 9.17) is 9.47 Å². The lowest BCUT2D eigenvalue weighted by Crippen LogP contribution is -2.28. The molecule has 0 aromatic heterocycles. The van der Waals surface area contributed by atoms with E-state index in [-0.39, 0.29) is 11.9 Å². The second-order valence-electron chi connectivity index (χ2n) is 3.51. The zero-order valence-electron chi connectivity index (χ0n) is 8.59. The molecule has 1 aliphatic rings. The first-order chi connectivity index (χ1) is 5.67. The summed E-state index contributed by atoms with van der Waals surface area (Å²) < 4.78 is 11.7. The Morgan fingerprint density at radius 3 is 1.92 bits per heavy atom. The normalized spacial score (nSPS) is 34.0. The van der Waals surface area contributed by atoms with E-state index in [1.807, 2.05) is 0 Å². The van der Waals surface area contributed by atoms with Crippen molar-refractivity contribution in [2.75, 3.05) is 0 Å². The van der Waals surface area contributed by atoms with E-state index in [1.54, 1.807) is 0 Å². The molecule has 1 fully saturated rings. The van der Waals surface area contributed by atoms with Gasteiger partial charge in [0.2, 0.25) is 0 Å². The van der Waals surface area contributed by atoms with E-state index in [2.05, 4.69) is 27.7 Å². The van der Waals surface area contributed by atoms with Gasteiger partial charge in [-0.2, -0.15) is 0 Å².